The molecule has 0 unspecified atom stereocenters. The van der Waals surface area contributed by atoms with Gasteiger partial charge in [-0.1, -0.05) is 11.6 Å². The van der Waals surface area contributed by atoms with Gasteiger partial charge < -0.3 is 16.0 Å². The van der Waals surface area contributed by atoms with Crippen LogP contribution in [-0.4, -0.2) is 46.1 Å². The number of amides is 2. The minimum absolute atomic E-state index is 0.154. The number of rotatable bonds is 3. The molecule has 2 rings (SSSR count). The maximum Gasteiger partial charge on any atom is 0.316 e. The van der Waals surface area contributed by atoms with Crippen molar-refractivity contribution in [2.75, 3.05) is 26.4 Å². The predicted octanol–water partition coefficient (Wildman–Crippen LogP) is 0.938. The van der Waals surface area contributed by atoms with Crippen LogP contribution in [0.5, 0.6) is 0 Å². The smallest absolute Gasteiger partial charge is 0.316 e. The van der Waals surface area contributed by atoms with Gasteiger partial charge in [-0.3, -0.25) is 4.57 Å². The normalized spacial score (nSPS) is 10.7. The predicted molar refractivity (Wildman–Crippen MR) is 74.0 cm³/mol. The number of anilines is 1. The molecule has 0 aliphatic heterocycles. The second-order valence-corrected chi connectivity index (χ2v) is 4.68. The van der Waals surface area contributed by atoms with Crippen LogP contribution in [0.15, 0.2) is 12.3 Å². The van der Waals surface area contributed by atoms with Crippen molar-refractivity contribution in [1.82, 2.24) is 24.8 Å². The Labute approximate surface area is 115 Å². The fraction of sp³-hybridized carbons (Fsp3) is 0.364. The van der Waals surface area contributed by atoms with Crippen molar-refractivity contribution in [3.63, 3.8) is 0 Å². The van der Waals surface area contributed by atoms with E-state index in [2.05, 4.69) is 15.3 Å². The minimum atomic E-state index is -0.154. The van der Waals surface area contributed by atoms with E-state index in [-0.39, 0.29) is 6.03 Å². The van der Waals surface area contributed by atoms with Crippen molar-refractivity contribution < 1.29 is 4.79 Å². The Hall–Kier alpha value is -2.02. The van der Waals surface area contributed by atoms with Gasteiger partial charge in [0, 0.05) is 33.4 Å². The summed E-state index contributed by atoms with van der Waals surface area (Å²) in [4.78, 5) is 21.2. The zero-order chi connectivity index (χ0) is 14.0. The lowest BCUT2D eigenvalue weighted by Gasteiger charge is -2.12. The molecule has 0 saturated heterocycles. The maximum absolute atomic E-state index is 11.4. The molecule has 0 aliphatic carbocycles. The zero-order valence-electron chi connectivity index (χ0n) is 10.7. The van der Waals surface area contributed by atoms with Crippen molar-refractivity contribution in [3.8, 4) is 0 Å². The first-order valence-corrected chi connectivity index (χ1v) is 6.09. The van der Waals surface area contributed by atoms with Crippen LogP contribution in [-0.2, 0) is 6.54 Å². The lowest BCUT2D eigenvalue weighted by atomic mass is 10.4. The zero-order valence-corrected chi connectivity index (χ0v) is 11.5. The van der Waals surface area contributed by atoms with E-state index in [9.17, 15) is 4.79 Å². The topological polar surface area (TPSA) is 89.1 Å². The summed E-state index contributed by atoms with van der Waals surface area (Å²) in [7, 11) is 3.36. The van der Waals surface area contributed by atoms with Crippen LogP contribution < -0.4 is 11.1 Å². The monoisotopic (exact) mass is 282 g/mol. The molecule has 2 heterocycles. The minimum Gasteiger partial charge on any atom is -0.369 e. The van der Waals surface area contributed by atoms with E-state index in [1.165, 1.54) is 4.90 Å². The Morgan fingerprint density at radius 3 is 3.00 bits per heavy atom. The summed E-state index contributed by atoms with van der Waals surface area (Å²) in [6, 6.07) is 1.55. The average molecular weight is 283 g/mol. The van der Waals surface area contributed by atoms with Gasteiger partial charge >= 0.3 is 6.03 Å². The number of nitrogens with one attached hydrogen (secondary N) is 1. The summed E-state index contributed by atoms with van der Waals surface area (Å²) >= 11 is 5.85. The number of nitrogen functional groups attached to an aromatic ring is 1. The number of nitrogens with zero attached hydrogens (tertiary/aromatic N) is 4. The summed E-state index contributed by atoms with van der Waals surface area (Å²) in [5, 5.41) is 3.26. The Balaban J connectivity index is 2.12. The van der Waals surface area contributed by atoms with Gasteiger partial charge in [-0.25, -0.2) is 14.8 Å². The van der Waals surface area contributed by atoms with Crippen molar-refractivity contribution in [3.05, 3.63) is 17.3 Å². The van der Waals surface area contributed by atoms with Crippen LogP contribution in [0, 0.1) is 0 Å². The molecule has 3 N–H and O–H groups in total. The lowest BCUT2D eigenvalue weighted by molar-refractivity contribution is 0.217. The van der Waals surface area contributed by atoms with Gasteiger partial charge in [0.25, 0.3) is 0 Å². The lowest BCUT2D eigenvalue weighted by Crippen LogP contribution is -2.36. The molecule has 0 saturated carbocycles. The van der Waals surface area contributed by atoms with Gasteiger partial charge in [0.15, 0.2) is 5.65 Å². The molecule has 2 aromatic heterocycles. The standard InChI is InChI=1S/C11H15ClN6O/c1-17(2)11(19)14-3-4-18-9-8(16-10(18)13)5-7(12)6-15-9/h5-6H,3-4H2,1-2H3,(H2,13,16)(H,14,19). The summed E-state index contributed by atoms with van der Waals surface area (Å²) in [5.74, 6) is 0.351. The third kappa shape index (κ3) is 2.87. The Morgan fingerprint density at radius 1 is 1.58 bits per heavy atom. The van der Waals surface area contributed by atoms with Crippen LogP contribution in [0.1, 0.15) is 0 Å². The molecule has 0 atom stereocenters. The highest BCUT2D eigenvalue weighted by molar-refractivity contribution is 6.31. The molecule has 8 heteroatoms. The first-order valence-electron chi connectivity index (χ1n) is 5.71. The highest BCUT2D eigenvalue weighted by Crippen LogP contribution is 2.18. The van der Waals surface area contributed by atoms with Crippen LogP contribution in [0.3, 0.4) is 0 Å². The number of aromatic nitrogens is 3. The van der Waals surface area contributed by atoms with E-state index >= 15 is 0 Å². The highest BCUT2D eigenvalue weighted by Gasteiger charge is 2.10. The Bertz CT molecular complexity index is 608. The van der Waals surface area contributed by atoms with Crippen LogP contribution in [0.2, 0.25) is 5.02 Å². The molecule has 0 aromatic carbocycles. The highest BCUT2D eigenvalue weighted by atomic mass is 35.5. The van der Waals surface area contributed by atoms with Crippen LogP contribution in [0.25, 0.3) is 11.2 Å². The molecule has 0 fully saturated rings. The molecule has 2 aromatic rings. The molecule has 102 valence electrons. The van der Waals surface area contributed by atoms with E-state index in [1.807, 2.05) is 0 Å². The second kappa shape index (κ2) is 5.31. The molecule has 7 nitrogen and oxygen atoms in total. The molecule has 0 bridgehead atoms. The number of pyridine rings is 1. The van der Waals surface area contributed by atoms with Crippen LogP contribution in [0.4, 0.5) is 10.7 Å². The number of fused-ring (bicyclic) bond motifs is 1. The largest absolute Gasteiger partial charge is 0.369 e. The van der Waals surface area contributed by atoms with Crippen molar-refractivity contribution >= 4 is 34.7 Å². The Kier molecular flexibility index (Phi) is 3.75. The first kappa shape index (κ1) is 13.4. The fourth-order valence-corrected chi connectivity index (χ4v) is 1.81. The van der Waals surface area contributed by atoms with E-state index in [1.54, 1.807) is 30.9 Å². The number of nitrogens with two attached hydrogens (primary N) is 1. The van der Waals surface area contributed by atoms with Gasteiger partial charge in [0.1, 0.15) is 5.52 Å². The van der Waals surface area contributed by atoms with Gasteiger partial charge in [0.05, 0.1) is 5.02 Å². The van der Waals surface area contributed by atoms with Crippen molar-refractivity contribution in [2.24, 2.45) is 0 Å². The molecule has 2 amide bonds. The van der Waals surface area contributed by atoms with Gasteiger partial charge in [-0.05, 0) is 6.07 Å². The number of hydrogen-bond acceptors (Lipinski definition) is 4. The van der Waals surface area contributed by atoms with E-state index in [0.29, 0.717) is 35.2 Å². The van der Waals surface area contributed by atoms with Gasteiger partial charge in [-0.15, -0.1) is 0 Å². The quantitative estimate of drug-likeness (QED) is 0.877. The summed E-state index contributed by atoms with van der Waals surface area (Å²) < 4.78 is 1.74. The van der Waals surface area contributed by atoms with E-state index in [0.717, 1.165) is 0 Å². The molecule has 0 aliphatic rings. The third-order valence-corrected chi connectivity index (χ3v) is 2.81. The maximum atomic E-state index is 11.4. The number of urea groups is 1. The molecule has 0 radical (unpaired) electrons. The third-order valence-electron chi connectivity index (χ3n) is 2.60. The number of imidazole rings is 1. The summed E-state index contributed by atoms with van der Waals surface area (Å²) in [6.07, 6.45) is 1.54. The molecule has 19 heavy (non-hydrogen) atoms. The number of carbonyl (C=O) groups is 1. The van der Waals surface area contributed by atoms with Crippen LogP contribution >= 0.6 is 11.6 Å². The van der Waals surface area contributed by atoms with E-state index in [4.69, 9.17) is 17.3 Å². The SMILES string of the molecule is CN(C)C(=O)NCCn1c(N)nc2cc(Cl)cnc21. The second-order valence-electron chi connectivity index (χ2n) is 4.24. The summed E-state index contributed by atoms with van der Waals surface area (Å²) in [6.45, 7) is 0.938. The number of halogens is 1. The Morgan fingerprint density at radius 2 is 2.32 bits per heavy atom. The van der Waals surface area contributed by atoms with Gasteiger partial charge in [-0.2, -0.15) is 0 Å². The number of hydrogen-bond donors (Lipinski definition) is 2. The van der Waals surface area contributed by atoms with Crippen molar-refractivity contribution in [1.29, 1.82) is 0 Å². The number of carbonyl (C=O) groups excluding carboxylic acids is 1. The van der Waals surface area contributed by atoms with E-state index < -0.39 is 0 Å². The molecule has 0 spiro atoms. The average Bonchev–Trinajstić information content (AvgIpc) is 2.64. The summed E-state index contributed by atoms with van der Waals surface area (Å²) in [5.41, 5.74) is 7.12. The van der Waals surface area contributed by atoms with Gasteiger partial charge in [0.2, 0.25) is 5.95 Å². The fourth-order valence-electron chi connectivity index (χ4n) is 1.66. The molecular formula is C11H15ClN6O. The molecular weight excluding hydrogens is 268 g/mol. The van der Waals surface area contributed by atoms with Crippen molar-refractivity contribution in [2.45, 2.75) is 6.54 Å². The first-order chi connectivity index (χ1) is 8.99.